The Morgan fingerprint density at radius 2 is 2.05 bits per heavy atom. The van der Waals surface area contributed by atoms with E-state index in [-0.39, 0.29) is 5.91 Å². The molecule has 4 nitrogen and oxygen atoms in total. The molecule has 1 aliphatic heterocycles. The molecule has 0 spiro atoms. The Morgan fingerprint density at radius 1 is 1.24 bits per heavy atom. The van der Waals surface area contributed by atoms with E-state index < -0.39 is 6.10 Å². The Kier molecular flexibility index (Phi) is 3.52. The predicted molar refractivity (Wildman–Crippen MR) is 83.4 cm³/mol. The number of anilines is 2. The lowest BCUT2D eigenvalue weighted by molar-refractivity contribution is -0.122. The normalized spacial score (nSPS) is 17.6. The first-order valence-corrected chi connectivity index (χ1v) is 7.05. The molecule has 0 saturated heterocycles. The number of fused-ring (bicyclic) bond motifs is 1. The summed E-state index contributed by atoms with van der Waals surface area (Å²) in [6.45, 7) is 1.92. The van der Waals surface area contributed by atoms with Crippen LogP contribution in [0.3, 0.4) is 0 Å². The molecular formula is C17H18N2O2. The first kappa shape index (κ1) is 13.5. The minimum Gasteiger partial charge on any atom is -0.481 e. The van der Waals surface area contributed by atoms with Gasteiger partial charge in [0.25, 0.3) is 5.91 Å². The van der Waals surface area contributed by atoms with Crippen molar-refractivity contribution in [2.45, 2.75) is 25.9 Å². The molecule has 21 heavy (non-hydrogen) atoms. The molecule has 0 fully saturated rings. The number of hydrogen-bond donors (Lipinski definition) is 2. The van der Waals surface area contributed by atoms with Crippen LogP contribution in [0, 0.1) is 6.92 Å². The van der Waals surface area contributed by atoms with Crippen molar-refractivity contribution in [1.29, 1.82) is 0 Å². The lowest BCUT2D eigenvalue weighted by Gasteiger charge is -2.16. The maximum Gasteiger partial charge on any atom is 0.265 e. The number of amides is 1. The minimum absolute atomic E-state index is 0.102. The van der Waals surface area contributed by atoms with Crippen LogP contribution in [0.15, 0.2) is 42.5 Å². The van der Waals surface area contributed by atoms with Crippen molar-refractivity contribution in [2.75, 3.05) is 11.1 Å². The molecule has 1 aliphatic rings. The number of carbonyl (C=O) groups is 1. The third kappa shape index (κ3) is 2.84. The number of nitrogens with one attached hydrogen (secondary N) is 1. The summed E-state index contributed by atoms with van der Waals surface area (Å²) in [5.41, 5.74) is 9.49. The van der Waals surface area contributed by atoms with Gasteiger partial charge in [0.05, 0.1) is 0 Å². The SMILES string of the molecule is Cc1cc(OC2CCc3ccccc3NC2=O)ccc1N. The van der Waals surface area contributed by atoms with Gasteiger partial charge in [-0.2, -0.15) is 0 Å². The summed E-state index contributed by atoms with van der Waals surface area (Å²) in [7, 11) is 0. The van der Waals surface area contributed by atoms with Crippen molar-refractivity contribution >= 4 is 17.3 Å². The Balaban J connectivity index is 1.78. The molecule has 3 N–H and O–H groups in total. The van der Waals surface area contributed by atoms with Crippen LogP contribution in [0.25, 0.3) is 0 Å². The Hall–Kier alpha value is -2.49. The summed E-state index contributed by atoms with van der Waals surface area (Å²) >= 11 is 0. The topological polar surface area (TPSA) is 64.3 Å². The van der Waals surface area contributed by atoms with Gasteiger partial charge in [-0.25, -0.2) is 0 Å². The van der Waals surface area contributed by atoms with E-state index in [2.05, 4.69) is 5.32 Å². The van der Waals surface area contributed by atoms with Crippen LogP contribution >= 0.6 is 0 Å². The van der Waals surface area contributed by atoms with Gasteiger partial charge >= 0.3 is 0 Å². The van der Waals surface area contributed by atoms with E-state index in [0.29, 0.717) is 12.2 Å². The highest BCUT2D eigenvalue weighted by Gasteiger charge is 2.25. The standard InChI is InChI=1S/C17H18N2O2/c1-11-10-13(7-8-14(11)18)21-16-9-6-12-4-2-3-5-15(12)19-17(16)20/h2-5,7-8,10,16H,6,9,18H2,1H3,(H,19,20). The number of ether oxygens (including phenoxy) is 1. The highest BCUT2D eigenvalue weighted by atomic mass is 16.5. The summed E-state index contributed by atoms with van der Waals surface area (Å²) in [6, 6.07) is 13.3. The molecule has 4 heteroatoms. The van der Waals surface area contributed by atoms with Gasteiger partial charge in [-0.05, 0) is 55.2 Å². The molecule has 3 rings (SSSR count). The van der Waals surface area contributed by atoms with E-state index in [1.165, 1.54) is 0 Å². The van der Waals surface area contributed by atoms with Crippen LogP contribution in [0.2, 0.25) is 0 Å². The maximum absolute atomic E-state index is 12.3. The molecule has 2 aromatic carbocycles. The van der Waals surface area contributed by atoms with Gasteiger partial charge in [0.2, 0.25) is 0 Å². The number of rotatable bonds is 2. The van der Waals surface area contributed by atoms with Crippen molar-refractivity contribution in [3.05, 3.63) is 53.6 Å². The second kappa shape index (κ2) is 5.48. The molecule has 0 saturated carbocycles. The van der Waals surface area contributed by atoms with Gasteiger partial charge in [0, 0.05) is 11.4 Å². The summed E-state index contributed by atoms with van der Waals surface area (Å²) in [5, 5.41) is 2.93. The summed E-state index contributed by atoms with van der Waals surface area (Å²) < 4.78 is 5.85. The van der Waals surface area contributed by atoms with E-state index in [9.17, 15) is 4.79 Å². The van der Waals surface area contributed by atoms with Gasteiger partial charge in [0.1, 0.15) is 5.75 Å². The molecule has 2 aromatic rings. The summed E-state index contributed by atoms with van der Waals surface area (Å²) in [6.07, 6.45) is 0.986. The van der Waals surface area contributed by atoms with Crippen LogP contribution in [0.1, 0.15) is 17.5 Å². The number of hydrogen-bond acceptors (Lipinski definition) is 3. The number of nitrogen functional groups attached to an aromatic ring is 1. The van der Waals surface area contributed by atoms with Gasteiger partial charge in [-0.1, -0.05) is 18.2 Å². The first-order valence-electron chi connectivity index (χ1n) is 7.05. The Labute approximate surface area is 123 Å². The zero-order valence-corrected chi connectivity index (χ0v) is 11.9. The fourth-order valence-electron chi connectivity index (χ4n) is 2.49. The molecular weight excluding hydrogens is 264 g/mol. The summed E-state index contributed by atoms with van der Waals surface area (Å²) in [4.78, 5) is 12.3. The fourth-order valence-corrected chi connectivity index (χ4v) is 2.49. The highest BCUT2D eigenvalue weighted by Crippen LogP contribution is 2.25. The number of para-hydroxylation sites is 1. The van der Waals surface area contributed by atoms with Crippen molar-refractivity contribution < 1.29 is 9.53 Å². The van der Waals surface area contributed by atoms with Crippen LogP contribution in [0.5, 0.6) is 5.75 Å². The van der Waals surface area contributed by atoms with E-state index in [1.54, 1.807) is 12.1 Å². The highest BCUT2D eigenvalue weighted by molar-refractivity contribution is 5.95. The number of carbonyl (C=O) groups excluding carboxylic acids is 1. The lowest BCUT2D eigenvalue weighted by Crippen LogP contribution is -2.31. The second-order valence-corrected chi connectivity index (χ2v) is 5.31. The molecule has 1 unspecified atom stereocenters. The zero-order valence-electron chi connectivity index (χ0n) is 11.9. The molecule has 1 amide bonds. The summed E-state index contributed by atoms with van der Waals surface area (Å²) in [5.74, 6) is 0.572. The molecule has 108 valence electrons. The Bertz CT molecular complexity index is 682. The van der Waals surface area contributed by atoms with Gasteiger partial charge in [-0.3, -0.25) is 4.79 Å². The minimum atomic E-state index is -0.486. The van der Waals surface area contributed by atoms with Crippen LogP contribution in [0.4, 0.5) is 11.4 Å². The van der Waals surface area contributed by atoms with E-state index in [1.807, 2.05) is 37.3 Å². The molecule has 1 heterocycles. The number of benzene rings is 2. The zero-order chi connectivity index (χ0) is 14.8. The van der Waals surface area contributed by atoms with Gasteiger partial charge in [0.15, 0.2) is 6.10 Å². The van der Waals surface area contributed by atoms with Gasteiger partial charge in [-0.15, -0.1) is 0 Å². The quantitative estimate of drug-likeness (QED) is 0.832. The van der Waals surface area contributed by atoms with Crippen LogP contribution in [-0.4, -0.2) is 12.0 Å². The monoisotopic (exact) mass is 282 g/mol. The van der Waals surface area contributed by atoms with Crippen LogP contribution in [-0.2, 0) is 11.2 Å². The third-order valence-corrected chi connectivity index (χ3v) is 3.76. The predicted octanol–water partition coefficient (Wildman–Crippen LogP) is 2.91. The number of aryl methyl sites for hydroxylation is 2. The molecule has 0 bridgehead atoms. The second-order valence-electron chi connectivity index (χ2n) is 5.31. The van der Waals surface area contributed by atoms with E-state index in [0.717, 1.165) is 28.9 Å². The van der Waals surface area contributed by atoms with Crippen molar-refractivity contribution in [1.82, 2.24) is 0 Å². The molecule has 0 aliphatic carbocycles. The Morgan fingerprint density at radius 3 is 2.86 bits per heavy atom. The third-order valence-electron chi connectivity index (χ3n) is 3.76. The fraction of sp³-hybridized carbons (Fsp3) is 0.235. The molecule has 1 atom stereocenters. The van der Waals surface area contributed by atoms with Crippen molar-refractivity contribution in [2.24, 2.45) is 0 Å². The average Bonchev–Trinajstić information content (AvgIpc) is 2.63. The van der Waals surface area contributed by atoms with Crippen molar-refractivity contribution in [3.63, 3.8) is 0 Å². The molecule has 0 radical (unpaired) electrons. The smallest absolute Gasteiger partial charge is 0.265 e. The number of nitrogens with two attached hydrogens (primary N) is 1. The van der Waals surface area contributed by atoms with E-state index >= 15 is 0 Å². The first-order chi connectivity index (χ1) is 10.1. The van der Waals surface area contributed by atoms with Crippen LogP contribution < -0.4 is 15.8 Å². The molecule has 0 aromatic heterocycles. The van der Waals surface area contributed by atoms with Gasteiger partial charge < -0.3 is 15.8 Å². The lowest BCUT2D eigenvalue weighted by atomic mass is 10.1. The average molecular weight is 282 g/mol. The van der Waals surface area contributed by atoms with Crippen molar-refractivity contribution in [3.8, 4) is 5.75 Å². The van der Waals surface area contributed by atoms with E-state index in [4.69, 9.17) is 10.5 Å². The largest absolute Gasteiger partial charge is 0.481 e. The maximum atomic E-state index is 12.3.